The highest BCUT2D eigenvalue weighted by Crippen LogP contribution is 2.31. The van der Waals surface area contributed by atoms with E-state index in [1.807, 2.05) is 43.3 Å². The van der Waals surface area contributed by atoms with Gasteiger partial charge in [0.25, 0.3) is 11.8 Å². The number of para-hydroxylation sites is 1. The number of aryl methyl sites for hydroxylation is 1. The molecule has 1 unspecified atom stereocenters. The van der Waals surface area contributed by atoms with E-state index in [9.17, 15) is 14.4 Å². The number of hydrazine groups is 1. The van der Waals surface area contributed by atoms with Gasteiger partial charge in [-0.2, -0.15) is 0 Å². The van der Waals surface area contributed by atoms with Crippen LogP contribution in [0.3, 0.4) is 0 Å². The van der Waals surface area contributed by atoms with Crippen LogP contribution in [-0.2, 0) is 16.0 Å². The van der Waals surface area contributed by atoms with E-state index in [4.69, 9.17) is 0 Å². The van der Waals surface area contributed by atoms with Gasteiger partial charge in [-0.25, -0.2) is 0 Å². The molecule has 7 heteroatoms. The van der Waals surface area contributed by atoms with Crippen LogP contribution in [0.4, 0.5) is 5.69 Å². The molecular formula is C20H20BrN3O3. The number of carbonyl (C=O) groups is 3. The van der Waals surface area contributed by atoms with Gasteiger partial charge >= 0.3 is 0 Å². The Kier molecular flexibility index (Phi) is 5.91. The third-order valence-corrected chi connectivity index (χ3v) is 5.26. The lowest BCUT2D eigenvalue weighted by atomic mass is 10.1. The molecule has 0 saturated carbocycles. The third-order valence-electron chi connectivity index (χ3n) is 4.59. The first kappa shape index (κ1) is 19.1. The lowest BCUT2D eigenvalue weighted by Gasteiger charge is -2.18. The average Bonchev–Trinajstić information content (AvgIpc) is 3.07. The zero-order valence-electron chi connectivity index (χ0n) is 14.9. The Morgan fingerprint density at radius 1 is 1.11 bits per heavy atom. The largest absolute Gasteiger partial charge is 0.311 e. The van der Waals surface area contributed by atoms with Crippen LogP contribution in [0.5, 0.6) is 0 Å². The summed E-state index contributed by atoms with van der Waals surface area (Å²) in [6, 6.07) is 14.5. The van der Waals surface area contributed by atoms with Crippen molar-refractivity contribution in [1.82, 2.24) is 10.9 Å². The van der Waals surface area contributed by atoms with Gasteiger partial charge in [0, 0.05) is 16.6 Å². The summed E-state index contributed by atoms with van der Waals surface area (Å²) in [6.45, 7) is 2.48. The molecule has 0 spiro atoms. The fraction of sp³-hybridized carbons (Fsp3) is 0.250. The van der Waals surface area contributed by atoms with Crippen molar-refractivity contribution in [2.75, 3.05) is 11.4 Å². The predicted molar refractivity (Wildman–Crippen MR) is 106 cm³/mol. The topological polar surface area (TPSA) is 78.5 Å². The highest BCUT2D eigenvalue weighted by atomic mass is 79.9. The number of halogens is 1. The van der Waals surface area contributed by atoms with Gasteiger partial charge in [-0.15, -0.1) is 0 Å². The minimum absolute atomic E-state index is 0.277. The molecule has 1 aliphatic rings. The number of hydrogen-bond acceptors (Lipinski definition) is 3. The molecule has 1 heterocycles. The molecule has 0 aliphatic carbocycles. The summed E-state index contributed by atoms with van der Waals surface area (Å²) in [5.74, 6) is -2.02. The van der Waals surface area contributed by atoms with Crippen LogP contribution in [0.2, 0.25) is 0 Å². The summed E-state index contributed by atoms with van der Waals surface area (Å²) in [7, 11) is 0. The maximum absolute atomic E-state index is 12.6. The zero-order chi connectivity index (χ0) is 19.4. The van der Waals surface area contributed by atoms with Crippen LogP contribution in [0, 0.1) is 5.92 Å². The normalized spacial score (nSPS) is 16.3. The van der Waals surface area contributed by atoms with Gasteiger partial charge in [-0.3, -0.25) is 25.2 Å². The summed E-state index contributed by atoms with van der Waals surface area (Å²) in [6.07, 6.45) is 1.28. The second-order valence-corrected chi connectivity index (χ2v) is 7.13. The number of amides is 3. The standard InChI is InChI=1S/C20H20BrN3O3/c1-2-13-7-9-14(10-8-13)18(25)22-23-19(26)15-11-12-24(20(15)27)17-6-4-3-5-16(17)21/h3-10,15H,2,11-12H2,1H3,(H,22,25)(H,23,26). The first-order valence-electron chi connectivity index (χ1n) is 8.76. The molecule has 3 rings (SSSR count). The molecule has 2 aromatic carbocycles. The zero-order valence-corrected chi connectivity index (χ0v) is 16.5. The van der Waals surface area contributed by atoms with E-state index in [-0.39, 0.29) is 5.91 Å². The second kappa shape index (κ2) is 8.35. The molecule has 1 atom stereocenters. The molecule has 140 valence electrons. The average molecular weight is 430 g/mol. The Balaban J connectivity index is 1.59. The third kappa shape index (κ3) is 4.19. The van der Waals surface area contributed by atoms with Crippen molar-refractivity contribution in [1.29, 1.82) is 0 Å². The number of carbonyl (C=O) groups excluding carboxylic acids is 3. The first-order valence-corrected chi connectivity index (χ1v) is 9.55. The number of nitrogens with zero attached hydrogens (tertiary/aromatic N) is 1. The first-order chi connectivity index (χ1) is 13.0. The van der Waals surface area contributed by atoms with E-state index < -0.39 is 17.7 Å². The van der Waals surface area contributed by atoms with E-state index in [1.165, 1.54) is 0 Å². The van der Waals surface area contributed by atoms with Crippen LogP contribution in [0.25, 0.3) is 0 Å². The molecular weight excluding hydrogens is 410 g/mol. The number of benzene rings is 2. The van der Waals surface area contributed by atoms with Gasteiger partial charge < -0.3 is 4.90 Å². The summed E-state index contributed by atoms with van der Waals surface area (Å²) < 4.78 is 0.795. The SMILES string of the molecule is CCc1ccc(C(=O)NNC(=O)C2CCN(c3ccccc3Br)C2=O)cc1. The fourth-order valence-corrected chi connectivity index (χ4v) is 3.50. The Morgan fingerprint density at radius 3 is 2.48 bits per heavy atom. The lowest BCUT2D eigenvalue weighted by Crippen LogP contribution is -2.46. The van der Waals surface area contributed by atoms with Gasteiger partial charge in [0.2, 0.25) is 5.91 Å². The van der Waals surface area contributed by atoms with Gasteiger partial charge in [0.1, 0.15) is 5.92 Å². The quantitative estimate of drug-likeness (QED) is 0.579. The molecule has 0 radical (unpaired) electrons. The molecule has 1 fully saturated rings. The number of rotatable bonds is 4. The maximum Gasteiger partial charge on any atom is 0.269 e. The van der Waals surface area contributed by atoms with Crippen LogP contribution >= 0.6 is 15.9 Å². The number of hydrogen-bond donors (Lipinski definition) is 2. The van der Waals surface area contributed by atoms with Crippen molar-refractivity contribution in [2.45, 2.75) is 19.8 Å². The Bertz CT molecular complexity index is 867. The minimum atomic E-state index is -0.820. The molecule has 0 bridgehead atoms. The van der Waals surface area contributed by atoms with Crippen LogP contribution in [-0.4, -0.2) is 24.3 Å². The van der Waals surface area contributed by atoms with E-state index in [2.05, 4.69) is 26.8 Å². The summed E-state index contributed by atoms with van der Waals surface area (Å²) in [5, 5.41) is 0. The molecule has 6 nitrogen and oxygen atoms in total. The van der Waals surface area contributed by atoms with Gasteiger partial charge in [-0.1, -0.05) is 31.2 Å². The minimum Gasteiger partial charge on any atom is -0.311 e. The number of nitrogens with one attached hydrogen (secondary N) is 2. The predicted octanol–water partition coefficient (Wildman–Crippen LogP) is 2.83. The van der Waals surface area contributed by atoms with Gasteiger partial charge in [0.15, 0.2) is 0 Å². The highest BCUT2D eigenvalue weighted by molar-refractivity contribution is 9.10. The van der Waals surface area contributed by atoms with Crippen molar-refractivity contribution in [3.63, 3.8) is 0 Å². The second-order valence-electron chi connectivity index (χ2n) is 6.28. The van der Waals surface area contributed by atoms with Gasteiger partial charge in [0.05, 0.1) is 5.69 Å². The maximum atomic E-state index is 12.6. The molecule has 1 aliphatic heterocycles. The monoisotopic (exact) mass is 429 g/mol. The molecule has 3 amide bonds. The van der Waals surface area contributed by atoms with Crippen molar-refractivity contribution in [3.8, 4) is 0 Å². The van der Waals surface area contributed by atoms with Crippen molar-refractivity contribution < 1.29 is 14.4 Å². The summed E-state index contributed by atoms with van der Waals surface area (Å²) in [4.78, 5) is 38.7. The van der Waals surface area contributed by atoms with Crippen molar-refractivity contribution in [3.05, 3.63) is 64.1 Å². The van der Waals surface area contributed by atoms with E-state index >= 15 is 0 Å². The lowest BCUT2D eigenvalue weighted by molar-refractivity contribution is -0.132. The van der Waals surface area contributed by atoms with Crippen LogP contribution < -0.4 is 15.8 Å². The van der Waals surface area contributed by atoms with E-state index in [1.54, 1.807) is 17.0 Å². The molecule has 0 aromatic heterocycles. The summed E-state index contributed by atoms with van der Waals surface area (Å²) in [5.41, 5.74) is 7.05. The van der Waals surface area contributed by atoms with E-state index in [0.717, 1.165) is 22.1 Å². The van der Waals surface area contributed by atoms with Crippen molar-refractivity contribution >= 4 is 39.3 Å². The molecule has 2 aromatic rings. The van der Waals surface area contributed by atoms with E-state index in [0.29, 0.717) is 18.5 Å². The Morgan fingerprint density at radius 2 is 1.81 bits per heavy atom. The highest BCUT2D eigenvalue weighted by Gasteiger charge is 2.38. The molecule has 2 N–H and O–H groups in total. The molecule has 27 heavy (non-hydrogen) atoms. The Hall–Kier alpha value is -2.67. The van der Waals surface area contributed by atoms with Gasteiger partial charge in [-0.05, 0) is 58.6 Å². The van der Waals surface area contributed by atoms with Crippen molar-refractivity contribution in [2.24, 2.45) is 5.92 Å². The molecule has 1 saturated heterocycles. The Labute approximate surface area is 166 Å². The fourth-order valence-electron chi connectivity index (χ4n) is 3.00. The van der Waals surface area contributed by atoms with Crippen LogP contribution in [0.1, 0.15) is 29.3 Å². The summed E-state index contributed by atoms with van der Waals surface area (Å²) >= 11 is 3.43. The smallest absolute Gasteiger partial charge is 0.269 e. The number of anilines is 1. The van der Waals surface area contributed by atoms with Crippen LogP contribution in [0.15, 0.2) is 53.0 Å².